The molecule has 0 spiro atoms. The Balaban J connectivity index is 1.72. The first-order chi connectivity index (χ1) is 15.4. The summed E-state index contributed by atoms with van der Waals surface area (Å²) in [5.74, 6) is 2.15. The quantitative estimate of drug-likeness (QED) is 0.351. The molecule has 2 heterocycles. The number of nitrogens with zero attached hydrogens (tertiary/aromatic N) is 3. The highest BCUT2D eigenvalue weighted by molar-refractivity contribution is 7.21. The van der Waals surface area contributed by atoms with E-state index in [-0.39, 0.29) is 12.1 Å². The van der Waals surface area contributed by atoms with E-state index in [4.69, 9.17) is 15.0 Å². The smallest absolute Gasteiger partial charge is 0.224 e. The number of anilines is 2. The van der Waals surface area contributed by atoms with Gasteiger partial charge >= 0.3 is 0 Å². The van der Waals surface area contributed by atoms with Crippen molar-refractivity contribution in [2.45, 2.75) is 65.3 Å². The van der Waals surface area contributed by atoms with Crippen LogP contribution in [0.3, 0.4) is 0 Å². The SMILES string of the molecule is CCCCCNc1nc(C)c(-c2nc3ccccc3s2)c(NC2(C)CCC(CO)C2C)n1. The Kier molecular flexibility index (Phi) is 6.96. The number of aliphatic hydroxyl groups excluding tert-OH is 1. The Bertz CT molecular complexity index is 1030. The summed E-state index contributed by atoms with van der Waals surface area (Å²) < 4.78 is 1.16. The van der Waals surface area contributed by atoms with Gasteiger partial charge < -0.3 is 15.7 Å². The van der Waals surface area contributed by atoms with Gasteiger partial charge in [0.15, 0.2) is 0 Å². The maximum Gasteiger partial charge on any atom is 0.224 e. The zero-order chi connectivity index (χ0) is 22.7. The molecule has 2 aromatic heterocycles. The van der Waals surface area contributed by atoms with Crippen LogP contribution in [0.1, 0.15) is 58.6 Å². The van der Waals surface area contributed by atoms with Crippen LogP contribution in [0.5, 0.6) is 0 Å². The van der Waals surface area contributed by atoms with Crippen molar-refractivity contribution in [3.8, 4) is 10.6 Å². The Morgan fingerprint density at radius 2 is 2.00 bits per heavy atom. The summed E-state index contributed by atoms with van der Waals surface area (Å²) in [7, 11) is 0. The second kappa shape index (κ2) is 9.71. The van der Waals surface area contributed by atoms with Crippen LogP contribution in [0, 0.1) is 18.8 Å². The average molecular weight is 454 g/mol. The van der Waals surface area contributed by atoms with Crippen LogP contribution in [-0.4, -0.2) is 38.7 Å². The number of thiazole rings is 1. The number of hydrogen-bond acceptors (Lipinski definition) is 7. The lowest BCUT2D eigenvalue weighted by atomic mass is 9.86. The fourth-order valence-electron chi connectivity index (χ4n) is 4.73. The number of rotatable bonds is 9. The lowest BCUT2D eigenvalue weighted by Gasteiger charge is -2.34. The predicted octanol–water partition coefficient (Wildman–Crippen LogP) is 5.87. The van der Waals surface area contributed by atoms with E-state index in [1.54, 1.807) is 11.3 Å². The molecule has 0 bridgehead atoms. The maximum atomic E-state index is 9.81. The van der Waals surface area contributed by atoms with Gasteiger partial charge in [-0.3, -0.25) is 0 Å². The van der Waals surface area contributed by atoms with Crippen molar-refractivity contribution >= 4 is 33.3 Å². The van der Waals surface area contributed by atoms with Crippen LogP contribution in [0.15, 0.2) is 24.3 Å². The van der Waals surface area contributed by atoms with Gasteiger partial charge in [0.2, 0.25) is 5.95 Å². The highest BCUT2D eigenvalue weighted by atomic mass is 32.1. The van der Waals surface area contributed by atoms with Gasteiger partial charge in [0, 0.05) is 18.7 Å². The Morgan fingerprint density at radius 3 is 2.72 bits per heavy atom. The second-order valence-electron chi connectivity index (χ2n) is 9.29. The topological polar surface area (TPSA) is 83.0 Å². The van der Waals surface area contributed by atoms with Crippen LogP contribution < -0.4 is 10.6 Å². The molecule has 6 nitrogen and oxygen atoms in total. The highest BCUT2D eigenvalue weighted by Crippen LogP contribution is 2.44. The van der Waals surface area contributed by atoms with E-state index in [2.05, 4.69) is 43.5 Å². The van der Waals surface area contributed by atoms with Crippen molar-refractivity contribution in [2.75, 3.05) is 23.8 Å². The Hall–Kier alpha value is -2.25. The first-order valence-corrected chi connectivity index (χ1v) is 12.6. The van der Waals surface area contributed by atoms with E-state index in [0.717, 1.165) is 58.1 Å². The van der Waals surface area contributed by atoms with Crippen molar-refractivity contribution in [1.29, 1.82) is 0 Å². The fourth-order valence-corrected chi connectivity index (χ4v) is 5.80. The summed E-state index contributed by atoms with van der Waals surface area (Å²) in [6.07, 6.45) is 5.51. The summed E-state index contributed by atoms with van der Waals surface area (Å²) in [5.41, 5.74) is 2.76. The largest absolute Gasteiger partial charge is 0.396 e. The van der Waals surface area contributed by atoms with Gasteiger partial charge in [-0.05, 0) is 57.1 Å². The molecule has 4 rings (SSSR count). The normalized spacial score (nSPS) is 23.0. The third kappa shape index (κ3) is 4.59. The minimum atomic E-state index is -0.140. The van der Waals surface area contributed by atoms with Crippen LogP contribution >= 0.6 is 11.3 Å². The highest BCUT2D eigenvalue weighted by Gasteiger charge is 2.42. The standard InChI is InChI=1S/C25H35N5OS/c1-5-6-9-14-26-24-27-17(3)21(23-28-19-10-7-8-11-20(19)32-23)22(29-24)30-25(4)13-12-18(15-31)16(25)2/h7-8,10-11,16,18,31H,5-6,9,12-15H2,1-4H3,(H2,26,27,29,30). The molecule has 172 valence electrons. The van der Waals surface area contributed by atoms with Gasteiger partial charge in [0.05, 0.1) is 21.5 Å². The minimum absolute atomic E-state index is 0.140. The van der Waals surface area contributed by atoms with Crippen LogP contribution in [-0.2, 0) is 0 Å². The van der Waals surface area contributed by atoms with E-state index in [0.29, 0.717) is 17.8 Å². The number of aromatic nitrogens is 3. The fraction of sp³-hybridized carbons (Fsp3) is 0.560. The second-order valence-corrected chi connectivity index (χ2v) is 10.3. The number of para-hydroxylation sites is 1. The van der Waals surface area contributed by atoms with Crippen molar-refractivity contribution in [1.82, 2.24) is 15.0 Å². The lowest BCUT2D eigenvalue weighted by Crippen LogP contribution is -2.40. The Labute approximate surface area is 194 Å². The summed E-state index contributed by atoms with van der Waals surface area (Å²) in [5, 5.41) is 18.0. The van der Waals surface area contributed by atoms with Gasteiger partial charge in [0.1, 0.15) is 10.8 Å². The third-order valence-electron chi connectivity index (χ3n) is 7.05. The van der Waals surface area contributed by atoms with Crippen molar-refractivity contribution < 1.29 is 5.11 Å². The minimum Gasteiger partial charge on any atom is -0.396 e. The summed E-state index contributed by atoms with van der Waals surface area (Å²) in [4.78, 5) is 14.6. The first-order valence-electron chi connectivity index (χ1n) is 11.8. The van der Waals surface area contributed by atoms with Gasteiger partial charge in [-0.15, -0.1) is 11.3 Å². The van der Waals surface area contributed by atoms with E-state index >= 15 is 0 Å². The van der Waals surface area contributed by atoms with Crippen LogP contribution in [0.4, 0.5) is 11.8 Å². The number of hydrogen-bond donors (Lipinski definition) is 3. The summed E-state index contributed by atoms with van der Waals surface area (Å²) in [6, 6.07) is 8.23. The monoisotopic (exact) mass is 453 g/mol. The first kappa shape index (κ1) is 22.9. The molecule has 0 amide bonds. The van der Waals surface area contributed by atoms with Gasteiger partial charge in [-0.1, -0.05) is 38.8 Å². The van der Waals surface area contributed by atoms with E-state index in [1.165, 1.54) is 12.8 Å². The molecule has 3 atom stereocenters. The summed E-state index contributed by atoms with van der Waals surface area (Å²) in [6.45, 7) is 9.84. The maximum absolute atomic E-state index is 9.81. The zero-order valence-corrected chi connectivity index (χ0v) is 20.4. The molecule has 32 heavy (non-hydrogen) atoms. The molecule has 3 unspecified atom stereocenters. The van der Waals surface area contributed by atoms with Crippen molar-refractivity contribution in [3.63, 3.8) is 0 Å². The zero-order valence-electron chi connectivity index (χ0n) is 19.6. The molecule has 0 saturated heterocycles. The van der Waals surface area contributed by atoms with Gasteiger partial charge in [0.25, 0.3) is 0 Å². The van der Waals surface area contributed by atoms with Gasteiger partial charge in [-0.2, -0.15) is 4.98 Å². The van der Waals surface area contributed by atoms with Gasteiger partial charge in [-0.25, -0.2) is 9.97 Å². The molecule has 3 N–H and O–H groups in total. The molecular weight excluding hydrogens is 418 g/mol. The molecule has 0 aliphatic heterocycles. The molecule has 3 aromatic rings. The van der Waals surface area contributed by atoms with E-state index in [1.807, 2.05) is 19.1 Å². The molecule has 1 aliphatic carbocycles. The third-order valence-corrected chi connectivity index (χ3v) is 8.10. The lowest BCUT2D eigenvalue weighted by molar-refractivity contribution is 0.187. The van der Waals surface area contributed by atoms with Crippen molar-refractivity contribution in [3.05, 3.63) is 30.0 Å². The molecule has 7 heteroatoms. The molecule has 1 saturated carbocycles. The van der Waals surface area contributed by atoms with Crippen LogP contribution in [0.2, 0.25) is 0 Å². The number of nitrogens with one attached hydrogen (secondary N) is 2. The number of aliphatic hydroxyl groups is 1. The predicted molar refractivity (Wildman–Crippen MR) is 134 cm³/mol. The van der Waals surface area contributed by atoms with E-state index < -0.39 is 0 Å². The molecular formula is C25H35N5OS. The number of aryl methyl sites for hydroxylation is 1. The number of fused-ring (bicyclic) bond motifs is 1. The number of benzene rings is 1. The summed E-state index contributed by atoms with van der Waals surface area (Å²) >= 11 is 1.68. The van der Waals surface area contributed by atoms with Crippen molar-refractivity contribution in [2.24, 2.45) is 11.8 Å². The average Bonchev–Trinajstić information content (AvgIpc) is 3.32. The molecule has 1 aromatic carbocycles. The molecule has 0 radical (unpaired) electrons. The number of unbranched alkanes of at least 4 members (excludes halogenated alkanes) is 2. The van der Waals surface area contributed by atoms with Crippen LogP contribution in [0.25, 0.3) is 20.8 Å². The molecule has 1 aliphatic rings. The van der Waals surface area contributed by atoms with E-state index in [9.17, 15) is 5.11 Å². The molecule has 1 fully saturated rings. The Morgan fingerprint density at radius 1 is 1.19 bits per heavy atom.